The van der Waals surface area contributed by atoms with E-state index in [9.17, 15) is 0 Å². The second kappa shape index (κ2) is 5.91. The Morgan fingerprint density at radius 1 is 1.41 bits per heavy atom. The van der Waals surface area contributed by atoms with Crippen molar-refractivity contribution in [2.45, 2.75) is 26.7 Å². The largest absolute Gasteiger partial charge is 0.394 e. The normalized spacial score (nSPS) is 13.1. The van der Waals surface area contributed by atoms with E-state index in [0.29, 0.717) is 11.8 Å². The van der Waals surface area contributed by atoms with E-state index in [1.165, 1.54) is 0 Å². The van der Waals surface area contributed by atoms with Crippen LogP contribution in [-0.4, -0.2) is 30.0 Å². The number of rotatable bonds is 6. The molecule has 17 heavy (non-hydrogen) atoms. The molecule has 0 fully saturated rings. The lowest BCUT2D eigenvalue weighted by atomic mass is 10.1. The fraction of sp³-hybridized carbons (Fsp3) is 0.750. The predicted molar refractivity (Wildman–Crippen MR) is 71.2 cm³/mol. The van der Waals surface area contributed by atoms with E-state index in [2.05, 4.69) is 31.2 Å². The Bertz CT molecular complexity index is 360. The summed E-state index contributed by atoms with van der Waals surface area (Å²) in [5, 5.41) is 7.77. The monoisotopic (exact) mass is 240 g/mol. The van der Waals surface area contributed by atoms with Crippen molar-refractivity contribution in [2.75, 3.05) is 31.3 Å². The van der Waals surface area contributed by atoms with E-state index >= 15 is 0 Å². The highest BCUT2D eigenvalue weighted by Gasteiger charge is 2.16. The Balaban J connectivity index is 2.71. The van der Waals surface area contributed by atoms with Crippen LogP contribution in [0.1, 0.15) is 32.4 Å². The van der Waals surface area contributed by atoms with Crippen molar-refractivity contribution in [3.8, 4) is 0 Å². The Morgan fingerprint density at radius 3 is 2.53 bits per heavy atom. The van der Waals surface area contributed by atoms with Crippen LogP contribution in [0, 0.1) is 5.92 Å². The minimum atomic E-state index is 0.341. The zero-order valence-electron chi connectivity index (χ0n) is 11.4. The first-order valence-electron chi connectivity index (χ1n) is 6.02. The number of anilines is 2. The van der Waals surface area contributed by atoms with Crippen molar-refractivity contribution >= 4 is 11.5 Å². The second-order valence-corrected chi connectivity index (χ2v) is 4.87. The molecule has 1 atom stereocenters. The van der Waals surface area contributed by atoms with Gasteiger partial charge in [-0.25, -0.2) is 0 Å². The highest BCUT2D eigenvalue weighted by Crippen LogP contribution is 2.27. The van der Waals surface area contributed by atoms with Gasteiger partial charge in [0.05, 0.1) is 18.0 Å². The summed E-state index contributed by atoms with van der Waals surface area (Å²) in [6.45, 7) is 7.88. The molecule has 0 aliphatic carbocycles. The van der Waals surface area contributed by atoms with E-state index in [0.717, 1.165) is 30.4 Å². The quantitative estimate of drug-likeness (QED) is 0.796. The van der Waals surface area contributed by atoms with Crippen LogP contribution in [0.15, 0.2) is 0 Å². The Morgan fingerprint density at radius 2 is 2.06 bits per heavy atom. The molecule has 0 spiro atoms. The molecular weight excluding hydrogens is 216 g/mol. The molecular formula is C12H24N4O. The van der Waals surface area contributed by atoms with E-state index < -0.39 is 0 Å². The number of nitrogens with one attached hydrogen (secondary N) is 1. The van der Waals surface area contributed by atoms with Gasteiger partial charge in [-0.3, -0.25) is 4.68 Å². The van der Waals surface area contributed by atoms with Crippen molar-refractivity contribution in [1.29, 1.82) is 0 Å². The third-order valence-corrected chi connectivity index (χ3v) is 2.73. The van der Waals surface area contributed by atoms with Crippen LogP contribution >= 0.6 is 0 Å². The van der Waals surface area contributed by atoms with Gasteiger partial charge in [-0.2, -0.15) is 5.10 Å². The molecule has 1 heterocycles. The van der Waals surface area contributed by atoms with Gasteiger partial charge in [0.1, 0.15) is 5.82 Å². The molecule has 0 amide bonds. The molecule has 0 saturated carbocycles. The van der Waals surface area contributed by atoms with Crippen molar-refractivity contribution in [1.82, 2.24) is 9.78 Å². The lowest BCUT2D eigenvalue weighted by Crippen LogP contribution is -2.17. The predicted octanol–water partition coefficient (Wildman–Crippen LogP) is 1.82. The first-order chi connectivity index (χ1) is 7.97. The van der Waals surface area contributed by atoms with Crippen LogP contribution < -0.4 is 11.1 Å². The van der Waals surface area contributed by atoms with Gasteiger partial charge >= 0.3 is 0 Å². The zero-order chi connectivity index (χ0) is 13.0. The van der Waals surface area contributed by atoms with Gasteiger partial charge in [-0.05, 0) is 11.8 Å². The summed E-state index contributed by atoms with van der Waals surface area (Å²) >= 11 is 0. The molecule has 0 aliphatic rings. The van der Waals surface area contributed by atoms with Gasteiger partial charge < -0.3 is 15.8 Å². The maximum atomic E-state index is 6.09. The van der Waals surface area contributed by atoms with Crippen LogP contribution in [0.25, 0.3) is 0 Å². The molecule has 5 heteroatoms. The van der Waals surface area contributed by atoms with E-state index in [1.54, 1.807) is 7.11 Å². The first kappa shape index (κ1) is 13.8. The molecule has 1 aromatic rings. The SMILES string of the molecule is COCC(C)CNc1c(N)c(C(C)C)nn1C. The van der Waals surface area contributed by atoms with E-state index in [-0.39, 0.29) is 0 Å². The lowest BCUT2D eigenvalue weighted by molar-refractivity contribution is 0.164. The van der Waals surface area contributed by atoms with Gasteiger partial charge in [0.25, 0.3) is 0 Å². The van der Waals surface area contributed by atoms with E-state index in [4.69, 9.17) is 10.5 Å². The van der Waals surface area contributed by atoms with E-state index in [1.807, 2.05) is 11.7 Å². The summed E-state index contributed by atoms with van der Waals surface area (Å²) in [6, 6.07) is 0. The van der Waals surface area contributed by atoms with Crippen LogP contribution in [-0.2, 0) is 11.8 Å². The summed E-state index contributed by atoms with van der Waals surface area (Å²) < 4.78 is 6.91. The third kappa shape index (κ3) is 3.36. The van der Waals surface area contributed by atoms with Crippen molar-refractivity contribution < 1.29 is 4.74 Å². The van der Waals surface area contributed by atoms with Crippen LogP contribution in [0.4, 0.5) is 11.5 Å². The molecule has 5 nitrogen and oxygen atoms in total. The number of methoxy groups -OCH3 is 1. The molecule has 3 N–H and O–H groups in total. The van der Waals surface area contributed by atoms with Crippen molar-refractivity contribution in [3.63, 3.8) is 0 Å². The average Bonchev–Trinajstić information content (AvgIpc) is 2.52. The van der Waals surface area contributed by atoms with Crippen molar-refractivity contribution in [3.05, 3.63) is 5.69 Å². The molecule has 1 unspecified atom stereocenters. The minimum absolute atomic E-state index is 0.341. The smallest absolute Gasteiger partial charge is 0.147 e. The maximum absolute atomic E-state index is 6.09. The Hall–Kier alpha value is -1.23. The van der Waals surface area contributed by atoms with Gasteiger partial charge in [0.15, 0.2) is 0 Å². The number of hydrogen-bond acceptors (Lipinski definition) is 4. The van der Waals surface area contributed by atoms with Crippen LogP contribution in [0.3, 0.4) is 0 Å². The molecule has 0 bridgehead atoms. The van der Waals surface area contributed by atoms with Crippen molar-refractivity contribution in [2.24, 2.45) is 13.0 Å². The number of aromatic nitrogens is 2. The molecule has 0 saturated heterocycles. The minimum Gasteiger partial charge on any atom is -0.394 e. The molecule has 0 aliphatic heterocycles. The molecule has 0 aromatic carbocycles. The number of nitrogens with two attached hydrogens (primary N) is 1. The fourth-order valence-electron chi connectivity index (χ4n) is 1.81. The van der Waals surface area contributed by atoms with Gasteiger partial charge in [-0.1, -0.05) is 20.8 Å². The summed E-state index contributed by atoms with van der Waals surface area (Å²) in [6.07, 6.45) is 0. The second-order valence-electron chi connectivity index (χ2n) is 4.87. The van der Waals surface area contributed by atoms with Crippen LogP contribution in [0.5, 0.6) is 0 Å². The number of hydrogen-bond donors (Lipinski definition) is 2. The van der Waals surface area contributed by atoms with Gasteiger partial charge in [0, 0.05) is 20.7 Å². The highest BCUT2D eigenvalue weighted by atomic mass is 16.5. The first-order valence-corrected chi connectivity index (χ1v) is 6.02. The molecule has 98 valence electrons. The number of nitrogens with zero attached hydrogens (tertiary/aromatic N) is 2. The maximum Gasteiger partial charge on any atom is 0.147 e. The average molecular weight is 240 g/mol. The standard InChI is InChI=1S/C12H24N4O/c1-8(2)11-10(13)12(16(4)15-11)14-6-9(3)7-17-5/h8-9,14H,6-7,13H2,1-5H3. The number of aryl methyl sites for hydroxylation is 1. The summed E-state index contributed by atoms with van der Waals surface area (Å²) in [7, 11) is 3.62. The number of ether oxygens (including phenoxy) is 1. The van der Waals surface area contributed by atoms with Gasteiger partial charge in [-0.15, -0.1) is 0 Å². The fourth-order valence-corrected chi connectivity index (χ4v) is 1.81. The van der Waals surface area contributed by atoms with Crippen LogP contribution in [0.2, 0.25) is 0 Å². The molecule has 0 radical (unpaired) electrons. The Kier molecular flexibility index (Phi) is 4.81. The lowest BCUT2D eigenvalue weighted by Gasteiger charge is -2.13. The highest BCUT2D eigenvalue weighted by molar-refractivity contribution is 5.65. The Labute approximate surface area is 103 Å². The number of nitrogen functional groups attached to an aromatic ring is 1. The summed E-state index contributed by atoms with van der Waals surface area (Å²) in [4.78, 5) is 0. The van der Waals surface area contributed by atoms with Gasteiger partial charge in [0.2, 0.25) is 0 Å². The third-order valence-electron chi connectivity index (χ3n) is 2.73. The molecule has 1 aromatic heterocycles. The zero-order valence-corrected chi connectivity index (χ0v) is 11.4. The molecule has 1 rings (SSSR count). The summed E-state index contributed by atoms with van der Waals surface area (Å²) in [5.74, 6) is 1.68. The summed E-state index contributed by atoms with van der Waals surface area (Å²) in [5.41, 5.74) is 7.80. The topological polar surface area (TPSA) is 65.1 Å².